The number of carbonyl (C=O) groups is 1. The fraction of sp³-hybridized carbons (Fsp3) is 0.308. The van der Waals surface area contributed by atoms with Crippen LogP contribution in [-0.4, -0.2) is 28.5 Å². The van der Waals surface area contributed by atoms with Crippen molar-refractivity contribution in [2.75, 3.05) is 11.4 Å². The summed E-state index contributed by atoms with van der Waals surface area (Å²) in [4.78, 5) is 22.2. The summed E-state index contributed by atoms with van der Waals surface area (Å²) in [5.41, 5.74) is 6.33. The number of rotatable bonds is 2. The van der Waals surface area contributed by atoms with E-state index >= 15 is 0 Å². The van der Waals surface area contributed by atoms with E-state index in [1.54, 1.807) is 12.4 Å². The second kappa shape index (κ2) is 4.25. The van der Waals surface area contributed by atoms with Gasteiger partial charge in [-0.25, -0.2) is 4.98 Å². The number of carbonyl (C=O) groups excluding carboxylic acids is 1. The van der Waals surface area contributed by atoms with Crippen molar-refractivity contribution in [2.45, 2.75) is 18.9 Å². The minimum absolute atomic E-state index is 0.247. The zero-order valence-corrected chi connectivity index (χ0v) is 9.91. The van der Waals surface area contributed by atoms with Gasteiger partial charge in [-0.3, -0.25) is 9.78 Å². The van der Waals surface area contributed by atoms with Crippen LogP contribution in [0.4, 0.5) is 5.82 Å². The third kappa shape index (κ3) is 1.68. The third-order valence-corrected chi connectivity index (χ3v) is 3.36. The van der Waals surface area contributed by atoms with Crippen molar-refractivity contribution < 1.29 is 4.79 Å². The highest BCUT2D eigenvalue weighted by Crippen LogP contribution is 2.29. The van der Waals surface area contributed by atoms with E-state index in [0.29, 0.717) is 0 Å². The largest absolute Gasteiger partial charge is 0.368 e. The number of anilines is 1. The van der Waals surface area contributed by atoms with E-state index in [-0.39, 0.29) is 11.9 Å². The quantitative estimate of drug-likeness (QED) is 0.855. The Balaban J connectivity index is 2.11. The van der Waals surface area contributed by atoms with Gasteiger partial charge < -0.3 is 10.6 Å². The monoisotopic (exact) mass is 242 g/mol. The molecule has 5 heteroatoms. The molecule has 3 heterocycles. The summed E-state index contributed by atoms with van der Waals surface area (Å²) in [5.74, 6) is 0.525. The lowest BCUT2D eigenvalue weighted by Gasteiger charge is -2.24. The van der Waals surface area contributed by atoms with Crippen LogP contribution in [0.3, 0.4) is 0 Å². The maximum Gasteiger partial charge on any atom is 0.240 e. The predicted molar refractivity (Wildman–Crippen MR) is 69.1 cm³/mol. The van der Waals surface area contributed by atoms with Crippen LogP contribution < -0.4 is 10.6 Å². The summed E-state index contributed by atoms with van der Waals surface area (Å²) in [5, 5.41) is 0.966. The highest BCUT2D eigenvalue weighted by molar-refractivity contribution is 5.92. The molecule has 92 valence electrons. The number of aromatic nitrogens is 2. The molecule has 1 fully saturated rings. The van der Waals surface area contributed by atoms with Gasteiger partial charge in [-0.15, -0.1) is 0 Å². The summed E-state index contributed by atoms with van der Waals surface area (Å²) in [6, 6.07) is 5.47. The number of primary amides is 1. The number of amides is 1. The van der Waals surface area contributed by atoms with Gasteiger partial charge in [0.1, 0.15) is 11.9 Å². The molecular formula is C13H14N4O. The molecule has 1 aliphatic heterocycles. The lowest BCUT2D eigenvalue weighted by atomic mass is 10.2. The molecule has 1 atom stereocenters. The predicted octanol–water partition coefficient (Wildman–Crippen LogP) is 1.08. The normalized spacial score (nSPS) is 19.3. The number of pyridine rings is 2. The second-order valence-electron chi connectivity index (χ2n) is 4.46. The van der Waals surface area contributed by atoms with E-state index in [1.165, 1.54) is 0 Å². The first-order valence-corrected chi connectivity index (χ1v) is 6.03. The summed E-state index contributed by atoms with van der Waals surface area (Å²) in [7, 11) is 0. The maximum atomic E-state index is 11.5. The van der Waals surface area contributed by atoms with Crippen LogP contribution in [0.1, 0.15) is 12.8 Å². The molecule has 1 aliphatic rings. The minimum atomic E-state index is -0.282. The minimum Gasteiger partial charge on any atom is -0.368 e. The molecule has 0 radical (unpaired) electrons. The Labute approximate surface area is 105 Å². The van der Waals surface area contributed by atoms with E-state index in [2.05, 4.69) is 9.97 Å². The topological polar surface area (TPSA) is 72.1 Å². The third-order valence-electron chi connectivity index (χ3n) is 3.36. The van der Waals surface area contributed by atoms with E-state index in [0.717, 1.165) is 36.1 Å². The average molecular weight is 242 g/mol. The number of hydrogen-bond donors (Lipinski definition) is 1. The van der Waals surface area contributed by atoms with Crippen LogP contribution in [0.15, 0.2) is 30.6 Å². The molecule has 3 rings (SSSR count). The summed E-state index contributed by atoms with van der Waals surface area (Å²) in [6.45, 7) is 0.814. The fourth-order valence-electron chi connectivity index (χ4n) is 2.53. The number of hydrogen-bond acceptors (Lipinski definition) is 4. The van der Waals surface area contributed by atoms with Crippen LogP contribution in [-0.2, 0) is 4.79 Å². The van der Waals surface area contributed by atoms with Gasteiger partial charge in [0.05, 0.1) is 5.52 Å². The first-order chi connectivity index (χ1) is 8.77. The standard InChI is InChI=1S/C13H14N4O/c14-12(18)11-4-2-8-17(11)13-9-3-1-6-15-10(9)5-7-16-13/h1,3,5-7,11H,2,4,8H2,(H2,14,18)/t11-/m0/s1. The smallest absolute Gasteiger partial charge is 0.240 e. The molecule has 2 aromatic heterocycles. The summed E-state index contributed by atoms with van der Waals surface area (Å²) in [6.07, 6.45) is 5.24. The van der Waals surface area contributed by atoms with Crippen molar-refractivity contribution in [3.63, 3.8) is 0 Å². The van der Waals surface area contributed by atoms with Gasteiger partial charge in [0.15, 0.2) is 0 Å². The van der Waals surface area contributed by atoms with Crippen molar-refractivity contribution in [3.05, 3.63) is 30.6 Å². The Morgan fingerprint density at radius 1 is 1.33 bits per heavy atom. The Morgan fingerprint density at radius 2 is 2.22 bits per heavy atom. The van der Waals surface area contributed by atoms with Crippen LogP contribution in [0, 0.1) is 0 Å². The van der Waals surface area contributed by atoms with Crippen molar-refractivity contribution in [1.29, 1.82) is 0 Å². The zero-order valence-electron chi connectivity index (χ0n) is 9.91. The molecule has 5 nitrogen and oxygen atoms in total. The van der Waals surface area contributed by atoms with Crippen molar-refractivity contribution in [1.82, 2.24) is 9.97 Å². The van der Waals surface area contributed by atoms with Crippen LogP contribution in [0.2, 0.25) is 0 Å². The van der Waals surface area contributed by atoms with E-state index < -0.39 is 0 Å². The molecule has 0 spiro atoms. The van der Waals surface area contributed by atoms with Crippen LogP contribution >= 0.6 is 0 Å². The van der Waals surface area contributed by atoms with E-state index in [9.17, 15) is 4.79 Å². The lowest BCUT2D eigenvalue weighted by Crippen LogP contribution is -2.40. The first kappa shape index (κ1) is 11.0. The molecule has 0 saturated carbocycles. The Kier molecular flexibility index (Phi) is 2.59. The van der Waals surface area contributed by atoms with Crippen molar-refractivity contribution >= 4 is 22.6 Å². The van der Waals surface area contributed by atoms with Gasteiger partial charge in [0.2, 0.25) is 5.91 Å². The van der Waals surface area contributed by atoms with E-state index in [1.807, 2.05) is 23.1 Å². The second-order valence-corrected chi connectivity index (χ2v) is 4.46. The summed E-state index contributed by atoms with van der Waals surface area (Å²) < 4.78 is 0. The Bertz CT molecular complexity index is 593. The van der Waals surface area contributed by atoms with Crippen molar-refractivity contribution in [2.24, 2.45) is 5.73 Å². The molecule has 0 aliphatic carbocycles. The van der Waals surface area contributed by atoms with Gasteiger partial charge in [-0.1, -0.05) is 0 Å². The van der Waals surface area contributed by atoms with Crippen molar-refractivity contribution in [3.8, 4) is 0 Å². The molecule has 0 aromatic carbocycles. The van der Waals surface area contributed by atoms with Gasteiger partial charge in [-0.2, -0.15) is 0 Å². The number of nitrogens with two attached hydrogens (primary N) is 1. The Morgan fingerprint density at radius 3 is 3.06 bits per heavy atom. The number of nitrogens with zero attached hydrogens (tertiary/aromatic N) is 3. The molecule has 2 N–H and O–H groups in total. The van der Waals surface area contributed by atoms with Gasteiger partial charge in [0, 0.05) is 24.3 Å². The molecule has 0 bridgehead atoms. The SMILES string of the molecule is NC(=O)[C@@H]1CCCN1c1nccc2ncccc12. The van der Waals surface area contributed by atoms with Gasteiger partial charge in [-0.05, 0) is 31.0 Å². The maximum absolute atomic E-state index is 11.5. The molecule has 2 aromatic rings. The Hall–Kier alpha value is -2.17. The fourth-order valence-corrected chi connectivity index (χ4v) is 2.53. The molecule has 18 heavy (non-hydrogen) atoms. The zero-order chi connectivity index (χ0) is 12.5. The lowest BCUT2D eigenvalue weighted by molar-refractivity contribution is -0.119. The molecular weight excluding hydrogens is 228 g/mol. The highest BCUT2D eigenvalue weighted by atomic mass is 16.1. The average Bonchev–Trinajstić information content (AvgIpc) is 2.87. The highest BCUT2D eigenvalue weighted by Gasteiger charge is 2.30. The summed E-state index contributed by atoms with van der Waals surface area (Å²) >= 11 is 0. The molecule has 1 amide bonds. The number of fused-ring (bicyclic) bond motifs is 1. The first-order valence-electron chi connectivity index (χ1n) is 6.03. The molecule has 0 unspecified atom stereocenters. The van der Waals surface area contributed by atoms with Crippen LogP contribution in [0.25, 0.3) is 10.9 Å². The van der Waals surface area contributed by atoms with E-state index in [4.69, 9.17) is 5.73 Å². The van der Waals surface area contributed by atoms with Gasteiger partial charge >= 0.3 is 0 Å². The van der Waals surface area contributed by atoms with Gasteiger partial charge in [0.25, 0.3) is 0 Å². The van der Waals surface area contributed by atoms with Crippen LogP contribution in [0.5, 0.6) is 0 Å². The molecule has 1 saturated heterocycles.